The topological polar surface area (TPSA) is 69.2 Å². The highest BCUT2D eigenvalue weighted by Gasteiger charge is 2.04. The molecule has 0 atom stereocenters. The Morgan fingerprint density at radius 2 is 1.79 bits per heavy atom. The van der Waals surface area contributed by atoms with Crippen LogP contribution in [0.4, 0.5) is 5.95 Å². The van der Waals surface area contributed by atoms with Gasteiger partial charge in [-0.2, -0.15) is 15.0 Å². The second-order valence-electron chi connectivity index (χ2n) is 3.47. The maximum atomic E-state index is 5.72. The van der Waals surface area contributed by atoms with Gasteiger partial charge < -0.3 is 14.8 Å². The van der Waals surface area contributed by atoms with Crippen LogP contribution in [0, 0.1) is 0 Å². The van der Waals surface area contributed by atoms with Crippen LogP contribution in [-0.4, -0.2) is 35.2 Å². The molecule has 7 heteroatoms. The lowest BCUT2D eigenvalue weighted by Crippen LogP contribution is -2.11. The van der Waals surface area contributed by atoms with Crippen molar-refractivity contribution in [2.45, 2.75) is 0 Å². The van der Waals surface area contributed by atoms with Gasteiger partial charge in [0.2, 0.25) is 11.2 Å². The SMILES string of the molecule is CNc1nc(Cl)nc(OCCOc2ccccc2)n1. The summed E-state index contributed by atoms with van der Waals surface area (Å²) in [6.07, 6.45) is 0. The van der Waals surface area contributed by atoms with Gasteiger partial charge in [0.1, 0.15) is 19.0 Å². The molecule has 1 heterocycles. The summed E-state index contributed by atoms with van der Waals surface area (Å²) in [6, 6.07) is 9.65. The molecular formula is C12H13ClN4O2. The molecule has 0 aliphatic carbocycles. The molecule has 0 aliphatic heterocycles. The number of anilines is 1. The average molecular weight is 281 g/mol. The summed E-state index contributed by atoms with van der Waals surface area (Å²) in [5, 5.41) is 2.85. The second kappa shape index (κ2) is 6.75. The zero-order valence-electron chi connectivity index (χ0n) is 10.3. The minimum Gasteiger partial charge on any atom is -0.490 e. The van der Waals surface area contributed by atoms with Gasteiger partial charge in [-0.1, -0.05) is 18.2 Å². The van der Waals surface area contributed by atoms with E-state index in [1.807, 2.05) is 30.3 Å². The molecule has 0 unspecified atom stereocenters. The Hall–Kier alpha value is -2.08. The van der Waals surface area contributed by atoms with E-state index >= 15 is 0 Å². The summed E-state index contributed by atoms with van der Waals surface area (Å²) in [5.74, 6) is 1.15. The summed E-state index contributed by atoms with van der Waals surface area (Å²) >= 11 is 5.72. The van der Waals surface area contributed by atoms with Gasteiger partial charge in [-0.15, -0.1) is 0 Å². The number of hydrogen-bond donors (Lipinski definition) is 1. The molecule has 0 spiro atoms. The van der Waals surface area contributed by atoms with Crippen molar-refractivity contribution < 1.29 is 9.47 Å². The number of nitrogens with one attached hydrogen (secondary N) is 1. The van der Waals surface area contributed by atoms with Crippen molar-refractivity contribution in [1.29, 1.82) is 0 Å². The number of aromatic nitrogens is 3. The molecule has 1 aromatic carbocycles. The summed E-state index contributed by atoms with van der Waals surface area (Å²) in [7, 11) is 1.69. The third-order valence-corrected chi connectivity index (χ3v) is 2.31. The average Bonchev–Trinajstić information content (AvgIpc) is 2.44. The van der Waals surface area contributed by atoms with E-state index in [1.165, 1.54) is 0 Å². The van der Waals surface area contributed by atoms with E-state index in [1.54, 1.807) is 7.05 Å². The summed E-state index contributed by atoms with van der Waals surface area (Å²) < 4.78 is 10.8. The smallest absolute Gasteiger partial charge is 0.322 e. The van der Waals surface area contributed by atoms with E-state index < -0.39 is 0 Å². The van der Waals surface area contributed by atoms with E-state index in [4.69, 9.17) is 21.1 Å². The Bertz CT molecular complexity index is 524. The Morgan fingerprint density at radius 3 is 2.53 bits per heavy atom. The Balaban J connectivity index is 1.81. The molecule has 0 amide bonds. The van der Waals surface area contributed by atoms with E-state index in [-0.39, 0.29) is 11.3 Å². The molecule has 2 rings (SSSR count). The molecule has 0 saturated carbocycles. The fourth-order valence-electron chi connectivity index (χ4n) is 1.32. The predicted octanol–water partition coefficient (Wildman–Crippen LogP) is 2.02. The first-order valence-corrected chi connectivity index (χ1v) is 6.05. The summed E-state index contributed by atoms with van der Waals surface area (Å²) in [4.78, 5) is 11.7. The Morgan fingerprint density at radius 1 is 1.05 bits per heavy atom. The van der Waals surface area contributed by atoms with Crippen molar-refractivity contribution in [3.63, 3.8) is 0 Å². The molecule has 0 bridgehead atoms. The van der Waals surface area contributed by atoms with E-state index in [2.05, 4.69) is 20.3 Å². The largest absolute Gasteiger partial charge is 0.490 e. The van der Waals surface area contributed by atoms with Crippen LogP contribution >= 0.6 is 11.6 Å². The van der Waals surface area contributed by atoms with Crippen molar-refractivity contribution in [2.75, 3.05) is 25.6 Å². The second-order valence-corrected chi connectivity index (χ2v) is 3.81. The van der Waals surface area contributed by atoms with Gasteiger partial charge in [0.05, 0.1) is 0 Å². The monoisotopic (exact) mass is 280 g/mol. The fourth-order valence-corrected chi connectivity index (χ4v) is 1.47. The third-order valence-electron chi connectivity index (χ3n) is 2.14. The van der Waals surface area contributed by atoms with Gasteiger partial charge in [-0.3, -0.25) is 0 Å². The summed E-state index contributed by atoms with van der Waals surface area (Å²) in [6.45, 7) is 0.709. The van der Waals surface area contributed by atoms with Crippen LogP contribution in [-0.2, 0) is 0 Å². The Kier molecular flexibility index (Phi) is 4.74. The van der Waals surface area contributed by atoms with Crippen LogP contribution < -0.4 is 14.8 Å². The number of rotatable bonds is 6. The van der Waals surface area contributed by atoms with Gasteiger partial charge >= 0.3 is 6.01 Å². The number of nitrogens with zero attached hydrogens (tertiary/aromatic N) is 3. The van der Waals surface area contributed by atoms with Crippen LogP contribution in [0.25, 0.3) is 0 Å². The summed E-state index contributed by atoms with van der Waals surface area (Å²) in [5.41, 5.74) is 0. The quantitative estimate of drug-likeness (QED) is 0.817. The van der Waals surface area contributed by atoms with Gasteiger partial charge in [0.25, 0.3) is 0 Å². The van der Waals surface area contributed by atoms with E-state index in [0.717, 1.165) is 5.75 Å². The molecule has 2 aromatic rings. The molecule has 0 aliphatic rings. The normalized spacial score (nSPS) is 10.0. The molecule has 0 radical (unpaired) electrons. The number of hydrogen-bond acceptors (Lipinski definition) is 6. The number of halogens is 1. The zero-order chi connectivity index (χ0) is 13.5. The van der Waals surface area contributed by atoms with Crippen molar-refractivity contribution in [1.82, 2.24) is 15.0 Å². The molecule has 19 heavy (non-hydrogen) atoms. The highest BCUT2D eigenvalue weighted by Crippen LogP contribution is 2.11. The molecule has 1 aromatic heterocycles. The first-order chi connectivity index (χ1) is 9.28. The lowest BCUT2D eigenvalue weighted by molar-refractivity contribution is 0.206. The maximum absolute atomic E-state index is 5.72. The van der Waals surface area contributed by atoms with Gasteiger partial charge in [0.15, 0.2) is 0 Å². The van der Waals surface area contributed by atoms with Crippen LogP contribution in [0.15, 0.2) is 30.3 Å². The Labute approximate surface area is 115 Å². The van der Waals surface area contributed by atoms with E-state index in [0.29, 0.717) is 19.2 Å². The van der Waals surface area contributed by atoms with Gasteiger partial charge in [0, 0.05) is 7.05 Å². The maximum Gasteiger partial charge on any atom is 0.322 e. The van der Waals surface area contributed by atoms with Crippen LogP contribution in [0.2, 0.25) is 5.28 Å². The number of benzene rings is 1. The molecule has 0 fully saturated rings. The lowest BCUT2D eigenvalue weighted by atomic mass is 10.3. The minimum atomic E-state index is 0.0818. The van der Waals surface area contributed by atoms with Crippen molar-refractivity contribution in [2.24, 2.45) is 0 Å². The molecule has 100 valence electrons. The van der Waals surface area contributed by atoms with Gasteiger partial charge in [-0.05, 0) is 23.7 Å². The minimum absolute atomic E-state index is 0.0818. The van der Waals surface area contributed by atoms with Gasteiger partial charge in [-0.25, -0.2) is 0 Å². The number of ether oxygens (including phenoxy) is 2. The van der Waals surface area contributed by atoms with Crippen molar-refractivity contribution in [3.05, 3.63) is 35.6 Å². The molecule has 1 N–H and O–H groups in total. The lowest BCUT2D eigenvalue weighted by Gasteiger charge is -2.07. The first-order valence-electron chi connectivity index (χ1n) is 5.68. The van der Waals surface area contributed by atoms with Crippen LogP contribution in [0.5, 0.6) is 11.8 Å². The van der Waals surface area contributed by atoms with Crippen LogP contribution in [0.1, 0.15) is 0 Å². The third kappa shape index (κ3) is 4.26. The van der Waals surface area contributed by atoms with Crippen molar-refractivity contribution in [3.8, 4) is 11.8 Å². The fraction of sp³-hybridized carbons (Fsp3) is 0.250. The zero-order valence-corrected chi connectivity index (χ0v) is 11.1. The van der Waals surface area contributed by atoms with Crippen LogP contribution in [0.3, 0.4) is 0 Å². The van der Waals surface area contributed by atoms with Crippen molar-refractivity contribution >= 4 is 17.5 Å². The van der Waals surface area contributed by atoms with E-state index in [9.17, 15) is 0 Å². The number of para-hydroxylation sites is 1. The highest BCUT2D eigenvalue weighted by atomic mass is 35.5. The molecular weight excluding hydrogens is 268 g/mol. The molecule has 0 saturated heterocycles. The highest BCUT2D eigenvalue weighted by molar-refractivity contribution is 6.28. The predicted molar refractivity (Wildman–Crippen MR) is 71.8 cm³/mol. The molecule has 6 nitrogen and oxygen atoms in total. The first kappa shape index (κ1) is 13.4. The standard InChI is InChI=1S/C12H13ClN4O2/c1-14-11-15-10(13)16-12(17-11)19-8-7-18-9-5-3-2-4-6-9/h2-6H,7-8H2,1H3,(H,14,15,16,17).